The van der Waals surface area contributed by atoms with Gasteiger partial charge in [-0.1, -0.05) is 90.5 Å². The van der Waals surface area contributed by atoms with Gasteiger partial charge in [0, 0.05) is 0 Å². The van der Waals surface area contributed by atoms with Crippen molar-refractivity contribution in [1.82, 2.24) is 0 Å². The predicted molar refractivity (Wildman–Crippen MR) is 105 cm³/mol. The summed E-state index contributed by atoms with van der Waals surface area (Å²) in [6.45, 7) is 4.39. The van der Waals surface area contributed by atoms with E-state index in [4.69, 9.17) is 0 Å². The lowest BCUT2D eigenvalue weighted by Crippen LogP contribution is -1.92. The van der Waals surface area contributed by atoms with Crippen LogP contribution in [-0.2, 0) is 0 Å². The summed E-state index contributed by atoms with van der Waals surface area (Å²) in [5, 5.41) is 5.25. The summed E-state index contributed by atoms with van der Waals surface area (Å²) in [7, 11) is 0. The largest absolute Gasteiger partial charge is 0.0680 e. The molecule has 0 unspecified atom stereocenters. The van der Waals surface area contributed by atoms with Gasteiger partial charge in [0.1, 0.15) is 0 Å². The van der Waals surface area contributed by atoms with Crippen LogP contribution in [0.5, 0.6) is 0 Å². The lowest BCUT2D eigenvalue weighted by atomic mass is 9.89. The van der Waals surface area contributed by atoms with Gasteiger partial charge in [0.05, 0.1) is 0 Å². The summed E-state index contributed by atoms with van der Waals surface area (Å²) >= 11 is 0. The molecule has 0 fully saturated rings. The van der Waals surface area contributed by atoms with E-state index >= 15 is 0 Å². The van der Waals surface area contributed by atoms with Gasteiger partial charge in [-0.3, -0.25) is 0 Å². The maximum atomic E-state index is 2.26. The number of hydrogen-bond acceptors (Lipinski definition) is 0. The molecule has 0 amide bonds. The van der Waals surface area contributed by atoms with Gasteiger partial charge in [0.25, 0.3) is 0 Å². The van der Waals surface area contributed by atoms with Crippen molar-refractivity contribution in [2.75, 3.05) is 0 Å². The van der Waals surface area contributed by atoms with Gasteiger partial charge in [0.2, 0.25) is 0 Å². The summed E-state index contributed by atoms with van der Waals surface area (Å²) in [4.78, 5) is 0. The van der Waals surface area contributed by atoms with Crippen molar-refractivity contribution in [2.45, 2.75) is 13.8 Å². The van der Waals surface area contributed by atoms with E-state index in [1.54, 1.807) is 0 Å². The molecular formula is C24H20. The Labute approximate surface area is 143 Å². The van der Waals surface area contributed by atoms with Crippen LogP contribution in [0.3, 0.4) is 0 Å². The number of hydrogen-bond donors (Lipinski definition) is 0. The molecule has 0 atom stereocenters. The monoisotopic (exact) mass is 308 g/mol. The highest BCUT2D eigenvalue weighted by Crippen LogP contribution is 2.35. The quantitative estimate of drug-likeness (QED) is 0.356. The van der Waals surface area contributed by atoms with E-state index < -0.39 is 0 Å². The van der Waals surface area contributed by atoms with Crippen molar-refractivity contribution in [3.63, 3.8) is 0 Å². The molecule has 0 radical (unpaired) electrons. The zero-order valence-electron chi connectivity index (χ0n) is 14.1. The molecule has 0 saturated heterocycles. The molecule has 4 aromatic carbocycles. The molecule has 4 aromatic rings. The van der Waals surface area contributed by atoms with Gasteiger partial charge >= 0.3 is 0 Å². The highest BCUT2D eigenvalue weighted by atomic mass is 14.1. The fraction of sp³-hybridized carbons (Fsp3) is 0.0833. The Balaban J connectivity index is 2.07. The lowest BCUT2D eigenvalue weighted by molar-refractivity contribution is 1.38. The fourth-order valence-electron chi connectivity index (χ4n) is 3.58. The van der Waals surface area contributed by atoms with Crippen LogP contribution in [0.15, 0.2) is 90.5 Å². The first-order valence-electron chi connectivity index (χ1n) is 8.39. The maximum absolute atomic E-state index is 2.26. The molecule has 0 aliphatic carbocycles. The van der Waals surface area contributed by atoms with Gasteiger partial charge in [-0.2, -0.15) is 0 Å². The van der Waals surface area contributed by atoms with E-state index in [-0.39, 0.29) is 0 Å². The number of allylic oxidation sites excluding steroid dienone is 1. The Morgan fingerprint density at radius 3 is 2.04 bits per heavy atom. The molecular weight excluding hydrogens is 288 g/mol. The minimum absolute atomic E-state index is 1.28. The van der Waals surface area contributed by atoms with Crippen molar-refractivity contribution in [2.24, 2.45) is 0 Å². The zero-order valence-corrected chi connectivity index (χ0v) is 14.1. The van der Waals surface area contributed by atoms with Gasteiger partial charge in [0.15, 0.2) is 0 Å². The van der Waals surface area contributed by atoms with Crippen LogP contribution in [0, 0.1) is 0 Å². The van der Waals surface area contributed by atoms with Crippen LogP contribution >= 0.6 is 0 Å². The second-order valence-electron chi connectivity index (χ2n) is 6.43. The molecule has 0 bridgehead atoms. The summed E-state index contributed by atoms with van der Waals surface area (Å²) < 4.78 is 0. The van der Waals surface area contributed by atoms with Crippen molar-refractivity contribution in [3.05, 3.63) is 102 Å². The van der Waals surface area contributed by atoms with Crippen molar-refractivity contribution in [3.8, 4) is 0 Å². The fourth-order valence-corrected chi connectivity index (χ4v) is 3.58. The Hall–Kier alpha value is -2.86. The van der Waals surface area contributed by atoms with Crippen molar-refractivity contribution in [1.29, 1.82) is 0 Å². The molecule has 0 N–H and O–H groups in total. The number of rotatable bonds is 2. The smallest absolute Gasteiger partial charge is 0.00988 e. The standard InChI is InChI=1S/C24H20/c1-17(2)24(19-10-4-3-5-11-19)23-14-8-13-21-20-12-7-6-9-18(20)15-16-22(21)23/h3-16H,1-2H3. The minimum atomic E-state index is 1.28. The second-order valence-corrected chi connectivity index (χ2v) is 6.43. The van der Waals surface area contributed by atoms with Gasteiger partial charge in [-0.25, -0.2) is 0 Å². The zero-order chi connectivity index (χ0) is 16.5. The van der Waals surface area contributed by atoms with Gasteiger partial charge in [-0.05, 0) is 52.1 Å². The Kier molecular flexibility index (Phi) is 3.66. The average molecular weight is 308 g/mol. The molecule has 0 saturated carbocycles. The first-order valence-corrected chi connectivity index (χ1v) is 8.39. The molecule has 0 aromatic heterocycles. The third kappa shape index (κ3) is 2.41. The summed E-state index contributed by atoms with van der Waals surface area (Å²) in [5.74, 6) is 0. The third-order valence-electron chi connectivity index (χ3n) is 4.62. The first-order chi connectivity index (χ1) is 11.8. The van der Waals surface area contributed by atoms with Crippen LogP contribution in [-0.4, -0.2) is 0 Å². The second kappa shape index (κ2) is 5.98. The molecule has 0 heterocycles. The van der Waals surface area contributed by atoms with Gasteiger partial charge in [-0.15, -0.1) is 0 Å². The SMILES string of the molecule is CC(C)=C(c1ccccc1)c1cccc2c1ccc1ccccc12. The highest BCUT2D eigenvalue weighted by molar-refractivity contribution is 6.11. The summed E-state index contributed by atoms with van der Waals surface area (Å²) in [6, 6.07) is 30.4. The molecule has 0 nitrogen and oxygen atoms in total. The maximum Gasteiger partial charge on any atom is -0.00988 e. The summed E-state index contributed by atoms with van der Waals surface area (Å²) in [5.41, 5.74) is 5.25. The Bertz CT molecular complexity index is 1050. The van der Waals surface area contributed by atoms with E-state index in [1.165, 1.54) is 43.8 Å². The van der Waals surface area contributed by atoms with Crippen molar-refractivity contribution >= 4 is 27.1 Å². The highest BCUT2D eigenvalue weighted by Gasteiger charge is 2.11. The van der Waals surface area contributed by atoms with Crippen LogP contribution < -0.4 is 0 Å². The lowest BCUT2D eigenvalue weighted by Gasteiger charge is -2.15. The van der Waals surface area contributed by atoms with E-state index in [0.717, 1.165) is 0 Å². The molecule has 4 rings (SSSR count). The molecule has 0 heteroatoms. The number of fused-ring (bicyclic) bond motifs is 3. The first kappa shape index (κ1) is 14.7. The Morgan fingerprint density at radius 2 is 1.25 bits per heavy atom. The minimum Gasteiger partial charge on any atom is -0.0680 e. The molecule has 0 aliphatic heterocycles. The molecule has 24 heavy (non-hydrogen) atoms. The average Bonchev–Trinajstić information content (AvgIpc) is 2.62. The van der Waals surface area contributed by atoms with Crippen LogP contribution in [0.25, 0.3) is 27.1 Å². The van der Waals surface area contributed by atoms with E-state index in [0.29, 0.717) is 0 Å². The van der Waals surface area contributed by atoms with Crippen LogP contribution in [0.4, 0.5) is 0 Å². The van der Waals surface area contributed by atoms with Crippen LogP contribution in [0.2, 0.25) is 0 Å². The van der Waals surface area contributed by atoms with Gasteiger partial charge < -0.3 is 0 Å². The van der Waals surface area contributed by atoms with Crippen LogP contribution in [0.1, 0.15) is 25.0 Å². The number of benzene rings is 4. The van der Waals surface area contributed by atoms with Crippen molar-refractivity contribution < 1.29 is 0 Å². The normalized spacial score (nSPS) is 10.9. The topological polar surface area (TPSA) is 0 Å². The molecule has 0 aliphatic rings. The van der Waals surface area contributed by atoms with E-state index in [1.807, 2.05) is 0 Å². The Morgan fingerprint density at radius 1 is 0.542 bits per heavy atom. The third-order valence-corrected chi connectivity index (χ3v) is 4.62. The molecule has 116 valence electrons. The predicted octanol–water partition coefficient (Wildman–Crippen LogP) is 6.83. The molecule has 0 spiro atoms. The summed E-state index contributed by atoms with van der Waals surface area (Å²) in [6.07, 6.45) is 0. The van der Waals surface area contributed by atoms with E-state index in [9.17, 15) is 0 Å². The van der Waals surface area contributed by atoms with E-state index in [2.05, 4.69) is 98.8 Å².